The average molecular weight is 328 g/mol. The van der Waals surface area contributed by atoms with Crippen molar-refractivity contribution in [2.75, 3.05) is 67.1 Å². The molecule has 0 unspecified atom stereocenters. The summed E-state index contributed by atoms with van der Waals surface area (Å²) in [4.78, 5) is 0. The van der Waals surface area contributed by atoms with E-state index in [1.165, 1.54) is 0 Å². The molecule has 6 heteroatoms. The number of aryl methyl sites for hydroxylation is 1. The fourth-order valence-electron chi connectivity index (χ4n) is 1.76. The first kappa shape index (κ1) is 19.7. The molecule has 6 nitrogen and oxygen atoms in total. The zero-order valence-corrected chi connectivity index (χ0v) is 14.3. The van der Waals surface area contributed by atoms with Gasteiger partial charge in [-0.1, -0.05) is 6.07 Å². The zero-order valence-electron chi connectivity index (χ0n) is 14.3. The first-order chi connectivity index (χ1) is 11.3. The van der Waals surface area contributed by atoms with Crippen LogP contribution < -0.4 is 9.47 Å². The van der Waals surface area contributed by atoms with E-state index in [1.54, 1.807) is 14.2 Å². The topological polar surface area (TPSA) is 55.4 Å². The summed E-state index contributed by atoms with van der Waals surface area (Å²) in [6.07, 6.45) is 0. The molecule has 0 heterocycles. The van der Waals surface area contributed by atoms with Crippen molar-refractivity contribution in [3.63, 3.8) is 0 Å². The Morgan fingerprint density at radius 1 is 0.652 bits per heavy atom. The van der Waals surface area contributed by atoms with Crippen LogP contribution >= 0.6 is 0 Å². The van der Waals surface area contributed by atoms with Crippen LogP contribution in [0.15, 0.2) is 18.2 Å². The van der Waals surface area contributed by atoms with E-state index in [0.717, 1.165) is 11.3 Å². The molecule has 0 aromatic heterocycles. The third kappa shape index (κ3) is 9.40. The molecule has 1 aromatic rings. The lowest BCUT2D eigenvalue weighted by molar-refractivity contribution is 0.0498. The summed E-state index contributed by atoms with van der Waals surface area (Å²) in [5.74, 6) is 1.43. The highest BCUT2D eigenvalue weighted by Crippen LogP contribution is 2.28. The minimum atomic E-state index is 0.466. The predicted molar refractivity (Wildman–Crippen MR) is 87.6 cm³/mol. The molecule has 132 valence electrons. The lowest BCUT2D eigenvalue weighted by Crippen LogP contribution is -2.12. The first-order valence-corrected chi connectivity index (χ1v) is 7.77. The fourth-order valence-corrected chi connectivity index (χ4v) is 1.76. The van der Waals surface area contributed by atoms with E-state index in [1.807, 2.05) is 25.1 Å². The van der Waals surface area contributed by atoms with Gasteiger partial charge in [-0.3, -0.25) is 0 Å². The van der Waals surface area contributed by atoms with Crippen molar-refractivity contribution in [2.24, 2.45) is 0 Å². The lowest BCUT2D eigenvalue weighted by Gasteiger charge is -2.14. The Labute approximate surface area is 138 Å². The van der Waals surface area contributed by atoms with Gasteiger partial charge in [-0.05, 0) is 24.6 Å². The highest BCUT2D eigenvalue weighted by Gasteiger charge is 2.06. The molecule has 1 rings (SSSR count). The first-order valence-electron chi connectivity index (χ1n) is 7.77. The molecule has 0 atom stereocenters. The van der Waals surface area contributed by atoms with E-state index < -0.39 is 0 Å². The second-order valence-corrected chi connectivity index (χ2v) is 4.86. The fraction of sp³-hybridized carbons (Fsp3) is 0.647. The molecule has 1 aromatic carbocycles. The Morgan fingerprint density at radius 2 is 1.17 bits per heavy atom. The number of hydrogen-bond acceptors (Lipinski definition) is 6. The lowest BCUT2D eigenvalue weighted by atomic mass is 10.2. The van der Waals surface area contributed by atoms with Gasteiger partial charge in [-0.2, -0.15) is 0 Å². The summed E-state index contributed by atoms with van der Waals surface area (Å²) in [6, 6.07) is 5.85. The maximum atomic E-state index is 5.74. The van der Waals surface area contributed by atoms with E-state index >= 15 is 0 Å². The van der Waals surface area contributed by atoms with Crippen LogP contribution in [0.3, 0.4) is 0 Å². The molecule has 0 aliphatic rings. The standard InChI is InChI=1S/C17H28O6/c1-15-4-5-16(22-12-10-20-8-6-18-2)17(14-15)23-13-11-21-9-7-19-3/h4-5,14H,6-13H2,1-3H3. The SMILES string of the molecule is COCCOCCOc1ccc(C)cc1OCCOCCOC. The van der Waals surface area contributed by atoms with Crippen molar-refractivity contribution in [3.05, 3.63) is 23.8 Å². The minimum absolute atomic E-state index is 0.466. The summed E-state index contributed by atoms with van der Waals surface area (Å²) in [7, 11) is 3.30. The second-order valence-electron chi connectivity index (χ2n) is 4.86. The molecule has 0 N–H and O–H groups in total. The van der Waals surface area contributed by atoms with Crippen molar-refractivity contribution < 1.29 is 28.4 Å². The molecule has 0 radical (unpaired) electrons. The summed E-state index contributed by atoms with van der Waals surface area (Å²) < 4.78 is 32.0. The summed E-state index contributed by atoms with van der Waals surface area (Å²) in [5.41, 5.74) is 1.11. The zero-order chi connectivity index (χ0) is 16.8. The van der Waals surface area contributed by atoms with Crippen LogP contribution in [-0.4, -0.2) is 67.1 Å². The highest BCUT2D eigenvalue weighted by molar-refractivity contribution is 5.42. The maximum Gasteiger partial charge on any atom is 0.161 e. The van der Waals surface area contributed by atoms with Crippen LogP contribution in [0.25, 0.3) is 0 Å². The van der Waals surface area contributed by atoms with Crippen molar-refractivity contribution in [2.45, 2.75) is 6.92 Å². The van der Waals surface area contributed by atoms with Crippen LogP contribution in [-0.2, 0) is 18.9 Å². The molecular weight excluding hydrogens is 300 g/mol. The van der Waals surface area contributed by atoms with Gasteiger partial charge in [0, 0.05) is 14.2 Å². The van der Waals surface area contributed by atoms with Gasteiger partial charge in [0.05, 0.1) is 39.6 Å². The summed E-state index contributed by atoms with van der Waals surface area (Å²) in [5, 5.41) is 0. The van der Waals surface area contributed by atoms with E-state index in [2.05, 4.69) is 0 Å². The van der Waals surface area contributed by atoms with E-state index in [0.29, 0.717) is 58.6 Å². The van der Waals surface area contributed by atoms with Gasteiger partial charge < -0.3 is 28.4 Å². The Bertz CT molecular complexity index is 410. The normalized spacial score (nSPS) is 10.7. The average Bonchev–Trinajstić information content (AvgIpc) is 2.55. The van der Waals surface area contributed by atoms with Crippen molar-refractivity contribution in [1.82, 2.24) is 0 Å². The smallest absolute Gasteiger partial charge is 0.161 e. The molecule has 23 heavy (non-hydrogen) atoms. The number of ether oxygens (including phenoxy) is 6. The van der Waals surface area contributed by atoms with Crippen LogP contribution in [0.2, 0.25) is 0 Å². The predicted octanol–water partition coefficient (Wildman–Crippen LogP) is 2.08. The van der Waals surface area contributed by atoms with Gasteiger partial charge >= 0.3 is 0 Å². The quantitative estimate of drug-likeness (QED) is 0.487. The molecule has 0 spiro atoms. The molecule has 0 aliphatic heterocycles. The van der Waals surface area contributed by atoms with Crippen molar-refractivity contribution in [1.29, 1.82) is 0 Å². The molecule has 0 fully saturated rings. The van der Waals surface area contributed by atoms with E-state index in [9.17, 15) is 0 Å². The summed E-state index contributed by atoms with van der Waals surface area (Å²) in [6.45, 7) is 6.27. The van der Waals surface area contributed by atoms with Crippen LogP contribution in [0, 0.1) is 6.92 Å². The van der Waals surface area contributed by atoms with Gasteiger partial charge in [-0.25, -0.2) is 0 Å². The highest BCUT2D eigenvalue weighted by atomic mass is 16.6. The van der Waals surface area contributed by atoms with Gasteiger partial charge in [0.1, 0.15) is 13.2 Å². The Morgan fingerprint density at radius 3 is 1.74 bits per heavy atom. The number of rotatable bonds is 14. The molecule has 0 aliphatic carbocycles. The minimum Gasteiger partial charge on any atom is -0.487 e. The third-order valence-corrected chi connectivity index (χ3v) is 2.93. The van der Waals surface area contributed by atoms with E-state index in [4.69, 9.17) is 28.4 Å². The molecule has 0 saturated heterocycles. The maximum absolute atomic E-state index is 5.74. The van der Waals surface area contributed by atoms with Crippen molar-refractivity contribution >= 4 is 0 Å². The van der Waals surface area contributed by atoms with Gasteiger partial charge in [-0.15, -0.1) is 0 Å². The van der Waals surface area contributed by atoms with Gasteiger partial charge in [0.15, 0.2) is 11.5 Å². The number of benzene rings is 1. The third-order valence-electron chi connectivity index (χ3n) is 2.93. The largest absolute Gasteiger partial charge is 0.487 e. The number of hydrogen-bond donors (Lipinski definition) is 0. The van der Waals surface area contributed by atoms with Gasteiger partial charge in [0.2, 0.25) is 0 Å². The molecule has 0 saturated carbocycles. The molecular formula is C17H28O6. The monoisotopic (exact) mass is 328 g/mol. The van der Waals surface area contributed by atoms with Gasteiger partial charge in [0.25, 0.3) is 0 Å². The Kier molecular flexibility index (Phi) is 11.3. The summed E-state index contributed by atoms with van der Waals surface area (Å²) >= 11 is 0. The molecule has 0 bridgehead atoms. The van der Waals surface area contributed by atoms with Crippen molar-refractivity contribution in [3.8, 4) is 11.5 Å². The Hall–Kier alpha value is -1.34. The second kappa shape index (κ2) is 13.1. The molecule has 0 amide bonds. The Balaban J connectivity index is 2.31. The van der Waals surface area contributed by atoms with E-state index in [-0.39, 0.29) is 0 Å². The number of methoxy groups -OCH3 is 2. The van der Waals surface area contributed by atoms with Crippen LogP contribution in [0.4, 0.5) is 0 Å². The van der Waals surface area contributed by atoms with Crippen LogP contribution in [0.1, 0.15) is 5.56 Å². The van der Waals surface area contributed by atoms with Crippen LogP contribution in [0.5, 0.6) is 11.5 Å².